The highest BCUT2D eigenvalue weighted by atomic mass is 14.3. The minimum absolute atomic E-state index is 0.487. The molecule has 0 N–H and O–H groups in total. The van der Waals surface area contributed by atoms with Crippen LogP contribution in [-0.4, -0.2) is 0 Å². The van der Waals surface area contributed by atoms with E-state index in [0.717, 1.165) is 6.42 Å². The van der Waals surface area contributed by atoms with Crippen LogP contribution in [0.5, 0.6) is 0 Å². The van der Waals surface area contributed by atoms with Crippen molar-refractivity contribution in [1.82, 2.24) is 0 Å². The molecule has 0 spiro atoms. The van der Waals surface area contributed by atoms with Crippen molar-refractivity contribution in [3.8, 4) is 11.1 Å². The zero-order valence-corrected chi connectivity index (χ0v) is 12.6. The Labute approximate surface area is 126 Å². The lowest BCUT2D eigenvalue weighted by molar-refractivity contribution is 0.665. The predicted octanol–water partition coefficient (Wildman–Crippen LogP) is 5.82. The molecule has 21 heavy (non-hydrogen) atoms. The molecule has 2 aliphatic carbocycles. The fourth-order valence-electron chi connectivity index (χ4n) is 4.07. The number of rotatable bonds is 0. The Hall–Kier alpha value is -2.08. The molecule has 2 bridgehead atoms. The van der Waals surface area contributed by atoms with E-state index in [0.29, 0.717) is 11.8 Å². The van der Waals surface area contributed by atoms with E-state index in [1.807, 2.05) is 0 Å². The molecule has 2 aromatic carbocycles. The van der Waals surface area contributed by atoms with Gasteiger partial charge in [0.2, 0.25) is 0 Å². The molecule has 2 atom stereocenters. The summed E-state index contributed by atoms with van der Waals surface area (Å²) in [6, 6.07) is 17.8. The molecule has 2 unspecified atom stereocenters. The Kier molecular flexibility index (Phi) is 2.85. The Morgan fingerprint density at radius 1 is 0.857 bits per heavy atom. The van der Waals surface area contributed by atoms with Crippen LogP contribution in [0.2, 0.25) is 0 Å². The second kappa shape index (κ2) is 4.73. The molecular formula is C21H20. The lowest BCUT2D eigenvalue weighted by atomic mass is 9.81. The smallest absolute Gasteiger partial charge is 0.00905 e. The number of fused-ring (bicyclic) bond motifs is 7. The molecule has 0 heterocycles. The maximum atomic E-state index is 2.42. The van der Waals surface area contributed by atoms with Crippen LogP contribution in [0.25, 0.3) is 16.7 Å². The highest BCUT2D eigenvalue weighted by Crippen LogP contribution is 2.49. The van der Waals surface area contributed by atoms with Crippen molar-refractivity contribution in [3.05, 3.63) is 77.4 Å². The topological polar surface area (TPSA) is 0 Å². The fourth-order valence-corrected chi connectivity index (χ4v) is 4.07. The SMILES string of the molecule is CC1=C2c3ccccc3-c3ccccc3C(C=CC1)C2C. The Bertz CT molecular complexity index is 761. The van der Waals surface area contributed by atoms with Gasteiger partial charge in [-0.1, -0.05) is 73.2 Å². The van der Waals surface area contributed by atoms with Gasteiger partial charge in [0.1, 0.15) is 0 Å². The first-order chi connectivity index (χ1) is 10.3. The van der Waals surface area contributed by atoms with E-state index in [9.17, 15) is 0 Å². The van der Waals surface area contributed by atoms with Crippen LogP contribution in [0.15, 0.2) is 66.3 Å². The molecule has 2 aromatic rings. The largest absolute Gasteiger partial charge is 0.0838 e. The Balaban J connectivity index is 2.14. The highest BCUT2D eigenvalue weighted by Gasteiger charge is 2.31. The lowest BCUT2D eigenvalue weighted by Gasteiger charge is -2.22. The fraction of sp³-hybridized carbons (Fsp3) is 0.238. The molecule has 0 fully saturated rings. The summed E-state index contributed by atoms with van der Waals surface area (Å²) in [6.45, 7) is 4.68. The third-order valence-corrected chi connectivity index (χ3v) is 5.05. The second-order valence-corrected chi connectivity index (χ2v) is 6.27. The van der Waals surface area contributed by atoms with Crippen molar-refractivity contribution in [2.75, 3.05) is 0 Å². The van der Waals surface area contributed by atoms with Gasteiger partial charge in [-0.25, -0.2) is 0 Å². The molecule has 0 heteroatoms. The van der Waals surface area contributed by atoms with Crippen LogP contribution in [0.1, 0.15) is 37.3 Å². The van der Waals surface area contributed by atoms with Crippen molar-refractivity contribution >= 4 is 5.57 Å². The van der Waals surface area contributed by atoms with Gasteiger partial charge in [0.15, 0.2) is 0 Å². The number of hydrogen-bond donors (Lipinski definition) is 0. The van der Waals surface area contributed by atoms with Crippen LogP contribution in [0.4, 0.5) is 0 Å². The van der Waals surface area contributed by atoms with Crippen molar-refractivity contribution in [2.24, 2.45) is 5.92 Å². The summed E-state index contributed by atoms with van der Waals surface area (Å²) in [5.74, 6) is 1.02. The first kappa shape index (κ1) is 12.6. The van der Waals surface area contributed by atoms with Gasteiger partial charge in [-0.05, 0) is 47.1 Å². The molecule has 104 valence electrons. The van der Waals surface area contributed by atoms with Crippen molar-refractivity contribution in [1.29, 1.82) is 0 Å². The monoisotopic (exact) mass is 272 g/mol. The van der Waals surface area contributed by atoms with Gasteiger partial charge in [-0.15, -0.1) is 0 Å². The van der Waals surface area contributed by atoms with Crippen molar-refractivity contribution in [3.63, 3.8) is 0 Å². The van der Waals surface area contributed by atoms with Crippen LogP contribution in [-0.2, 0) is 0 Å². The molecule has 0 aromatic heterocycles. The third-order valence-electron chi connectivity index (χ3n) is 5.05. The average Bonchev–Trinajstić information content (AvgIpc) is 2.72. The zero-order chi connectivity index (χ0) is 14.4. The summed E-state index contributed by atoms with van der Waals surface area (Å²) in [4.78, 5) is 0. The minimum Gasteiger partial charge on any atom is -0.0838 e. The van der Waals surface area contributed by atoms with Crippen LogP contribution in [0.3, 0.4) is 0 Å². The Morgan fingerprint density at radius 3 is 2.33 bits per heavy atom. The van der Waals surface area contributed by atoms with E-state index in [2.05, 4.69) is 74.5 Å². The Morgan fingerprint density at radius 2 is 1.52 bits per heavy atom. The van der Waals surface area contributed by atoms with Gasteiger partial charge in [0.25, 0.3) is 0 Å². The molecule has 0 aliphatic heterocycles. The standard InChI is InChI=1S/C21H20/c1-14-8-7-13-16-15(2)21(14)20-12-6-5-11-19(20)18-10-4-3-9-17(16)18/h3-7,9-13,15-16H,8H2,1-2H3. The molecule has 0 radical (unpaired) electrons. The summed E-state index contributed by atoms with van der Waals surface area (Å²) in [5.41, 5.74) is 8.77. The molecule has 2 aliphatic rings. The quantitative estimate of drug-likeness (QED) is 0.530. The summed E-state index contributed by atoms with van der Waals surface area (Å²) in [7, 11) is 0. The average molecular weight is 272 g/mol. The van der Waals surface area contributed by atoms with Gasteiger partial charge in [-0.3, -0.25) is 0 Å². The van der Waals surface area contributed by atoms with E-state index < -0.39 is 0 Å². The number of benzene rings is 2. The van der Waals surface area contributed by atoms with E-state index in [1.54, 1.807) is 5.57 Å². The lowest BCUT2D eigenvalue weighted by Crippen LogP contribution is -2.08. The van der Waals surface area contributed by atoms with E-state index >= 15 is 0 Å². The van der Waals surface area contributed by atoms with Gasteiger partial charge < -0.3 is 0 Å². The molecule has 4 rings (SSSR count). The summed E-state index contributed by atoms with van der Waals surface area (Å²) in [6.07, 6.45) is 5.85. The maximum Gasteiger partial charge on any atom is 0.00905 e. The van der Waals surface area contributed by atoms with Crippen LogP contribution in [0, 0.1) is 5.92 Å². The van der Waals surface area contributed by atoms with Crippen LogP contribution < -0.4 is 0 Å². The summed E-state index contributed by atoms with van der Waals surface area (Å²) in [5, 5.41) is 0. The third kappa shape index (κ3) is 1.82. The van der Waals surface area contributed by atoms with Gasteiger partial charge in [0, 0.05) is 5.92 Å². The van der Waals surface area contributed by atoms with Gasteiger partial charge in [-0.2, -0.15) is 0 Å². The first-order valence-corrected chi connectivity index (χ1v) is 7.82. The normalized spacial score (nSPS) is 23.1. The maximum absolute atomic E-state index is 2.42. The van der Waals surface area contributed by atoms with Gasteiger partial charge in [0.05, 0.1) is 0 Å². The number of hydrogen-bond acceptors (Lipinski definition) is 0. The van der Waals surface area contributed by atoms with E-state index in [4.69, 9.17) is 0 Å². The van der Waals surface area contributed by atoms with Crippen molar-refractivity contribution < 1.29 is 0 Å². The van der Waals surface area contributed by atoms with E-state index in [-0.39, 0.29) is 0 Å². The van der Waals surface area contributed by atoms with Crippen LogP contribution >= 0.6 is 0 Å². The number of allylic oxidation sites excluding steroid dienone is 4. The van der Waals surface area contributed by atoms with E-state index in [1.165, 1.54) is 27.8 Å². The molecule has 0 nitrogen and oxygen atoms in total. The molecule has 0 amide bonds. The highest BCUT2D eigenvalue weighted by molar-refractivity contribution is 5.88. The summed E-state index contributed by atoms with van der Waals surface area (Å²) >= 11 is 0. The molecular weight excluding hydrogens is 252 g/mol. The minimum atomic E-state index is 0.487. The molecule has 0 saturated heterocycles. The summed E-state index contributed by atoms with van der Waals surface area (Å²) < 4.78 is 0. The first-order valence-electron chi connectivity index (χ1n) is 7.82. The zero-order valence-electron chi connectivity index (χ0n) is 12.6. The predicted molar refractivity (Wildman–Crippen MR) is 90.1 cm³/mol. The molecule has 0 saturated carbocycles. The second-order valence-electron chi connectivity index (χ2n) is 6.27. The van der Waals surface area contributed by atoms with Crippen molar-refractivity contribution in [2.45, 2.75) is 26.2 Å². The van der Waals surface area contributed by atoms with Gasteiger partial charge >= 0.3 is 0 Å².